The molecule has 0 unspecified atom stereocenters. The second-order valence-corrected chi connectivity index (χ2v) is 15.3. The molecule has 12 heteroatoms. The van der Waals surface area contributed by atoms with E-state index in [1.54, 1.807) is 25.1 Å². The number of primary sulfonamides is 1. The summed E-state index contributed by atoms with van der Waals surface area (Å²) >= 11 is 6.19. The molecule has 0 radical (unpaired) electrons. The van der Waals surface area contributed by atoms with Crippen molar-refractivity contribution in [3.8, 4) is 5.75 Å². The molecule has 6 atom stereocenters. The van der Waals surface area contributed by atoms with Crippen LogP contribution in [0, 0.1) is 29.5 Å². The van der Waals surface area contributed by atoms with E-state index in [1.807, 2.05) is 19.1 Å². The largest absolute Gasteiger partial charge is 0.491 e. The van der Waals surface area contributed by atoms with Gasteiger partial charge >= 0.3 is 11.9 Å². The smallest absolute Gasteiger partial charge is 0.335 e. The molecule has 3 aliphatic rings. The SMILES string of the molecule is CC(=O)O[C@@H](C1=C[C@H]([C@H](C)[C@@H](C)S(N)(=O)=O)C1)[C@@H]1CC[C@H]1CN1Cc2ccc(Cl)c(F)c2CCCCOc2ccc(C(=O)O)cc21. The molecule has 1 saturated carbocycles. The average molecular weight is 677 g/mol. The molecule has 1 heterocycles. The number of carboxylic acids is 1. The Labute approximate surface area is 274 Å². The summed E-state index contributed by atoms with van der Waals surface area (Å²) in [7, 11) is -3.68. The van der Waals surface area contributed by atoms with Gasteiger partial charge in [-0.05, 0) is 104 Å². The molecule has 1 aliphatic heterocycles. The van der Waals surface area contributed by atoms with Crippen LogP contribution in [0.1, 0.15) is 74.4 Å². The Hall–Kier alpha value is -3.15. The number of carbonyl (C=O) groups is 2. The Bertz CT molecular complexity index is 1630. The van der Waals surface area contributed by atoms with E-state index in [4.69, 9.17) is 26.2 Å². The number of aromatic carboxylic acids is 1. The van der Waals surface area contributed by atoms with Gasteiger partial charge in [0.15, 0.2) is 0 Å². The van der Waals surface area contributed by atoms with Crippen molar-refractivity contribution in [3.63, 3.8) is 0 Å². The summed E-state index contributed by atoms with van der Waals surface area (Å²) in [6.07, 6.45) is 5.72. The minimum absolute atomic E-state index is 0.00238. The number of rotatable bonds is 9. The van der Waals surface area contributed by atoms with Gasteiger partial charge in [0.25, 0.3) is 0 Å². The number of benzene rings is 2. The van der Waals surface area contributed by atoms with Gasteiger partial charge in [-0.15, -0.1) is 0 Å². The molecular formula is C34H42ClFN2O7S. The van der Waals surface area contributed by atoms with Crippen molar-refractivity contribution in [3.05, 3.63) is 69.5 Å². The van der Waals surface area contributed by atoms with Crippen molar-refractivity contribution in [2.24, 2.45) is 28.8 Å². The van der Waals surface area contributed by atoms with Gasteiger partial charge in [0.1, 0.15) is 17.7 Å². The van der Waals surface area contributed by atoms with E-state index < -0.39 is 39.1 Å². The van der Waals surface area contributed by atoms with Gasteiger partial charge in [-0.1, -0.05) is 30.7 Å². The molecule has 0 spiro atoms. The topological polar surface area (TPSA) is 136 Å². The van der Waals surface area contributed by atoms with Crippen molar-refractivity contribution >= 4 is 39.3 Å². The van der Waals surface area contributed by atoms with Crippen molar-refractivity contribution in [2.75, 3.05) is 18.1 Å². The zero-order chi connectivity index (χ0) is 33.3. The highest BCUT2D eigenvalue weighted by molar-refractivity contribution is 7.89. The maximum Gasteiger partial charge on any atom is 0.335 e. The molecule has 0 amide bonds. The Kier molecular flexibility index (Phi) is 10.3. The summed E-state index contributed by atoms with van der Waals surface area (Å²) in [4.78, 5) is 26.3. The van der Waals surface area contributed by atoms with Gasteiger partial charge in [0, 0.05) is 25.9 Å². The molecule has 5 rings (SSSR count). The Morgan fingerprint density at radius 2 is 1.93 bits per heavy atom. The fourth-order valence-corrected chi connectivity index (χ4v) is 7.92. The van der Waals surface area contributed by atoms with Crippen molar-refractivity contribution in [2.45, 2.75) is 77.2 Å². The molecule has 0 aromatic heterocycles. The van der Waals surface area contributed by atoms with Crippen LogP contribution in [0.25, 0.3) is 0 Å². The van der Waals surface area contributed by atoms with Crippen molar-refractivity contribution in [1.82, 2.24) is 0 Å². The first-order chi connectivity index (χ1) is 21.7. The molecule has 46 heavy (non-hydrogen) atoms. The summed E-state index contributed by atoms with van der Waals surface area (Å²) in [5, 5.41) is 14.6. The third-order valence-electron chi connectivity index (χ3n) is 10.1. The monoisotopic (exact) mass is 676 g/mol. The highest BCUT2D eigenvalue weighted by atomic mass is 35.5. The van der Waals surface area contributed by atoms with Crippen LogP contribution in [0.5, 0.6) is 5.75 Å². The summed E-state index contributed by atoms with van der Waals surface area (Å²) in [6.45, 7) is 6.05. The van der Waals surface area contributed by atoms with Gasteiger partial charge < -0.3 is 19.5 Å². The first kappa shape index (κ1) is 34.2. The number of nitrogens with zero attached hydrogens (tertiary/aromatic N) is 1. The molecule has 1 fully saturated rings. The number of ether oxygens (including phenoxy) is 2. The minimum Gasteiger partial charge on any atom is -0.491 e. The van der Waals surface area contributed by atoms with Crippen LogP contribution in [0.2, 0.25) is 5.02 Å². The van der Waals surface area contributed by atoms with E-state index in [2.05, 4.69) is 4.90 Å². The summed E-state index contributed by atoms with van der Waals surface area (Å²) in [5.41, 5.74) is 3.00. The minimum atomic E-state index is -3.68. The highest BCUT2D eigenvalue weighted by Gasteiger charge is 2.45. The lowest BCUT2D eigenvalue weighted by molar-refractivity contribution is -0.150. The molecule has 0 saturated heterocycles. The molecule has 250 valence electrons. The van der Waals surface area contributed by atoms with Gasteiger partial charge in [-0.25, -0.2) is 22.7 Å². The van der Waals surface area contributed by atoms with Crippen LogP contribution in [-0.4, -0.2) is 50.0 Å². The second kappa shape index (κ2) is 13.9. The Morgan fingerprint density at radius 1 is 1.20 bits per heavy atom. The number of fused-ring (bicyclic) bond motifs is 2. The van der Waals surface area contributed by atoms with Crippen LogP contribution < -0.4 is 14.8 Å². The number of carboxylic acid groups (broad SMARTS) is 1. The van der Waals surface area contributed by atoms with E-state index in [1.165, 1.54) is 13.0 Å². The van der Waals surface area contributed by atoms with E-state index in [-0.39, 0.29) is 34.3 Å². The lowest BCUT2D eigenvalue weighted by Crippen LogP contribution is -2.47. The summed E-state index contributed by atoms with van der Waals surface area (Å²) < 4.78 is 51.3. The predicted molar refractivity (Wildman–Crippen MR) is 174 cm³/mol. The van der Waals surface area contributed by atoms with Crippen molar-refractivity contribution < 1.29 is 37.0 Å². The summed E-state index contributed by atoms with van der Waals surface area (Å²) in [6, 6.07) is 8.18. The molecule has 2 aromatic carbocycles. The molecule has 3 N–H and O–H groups in total. The van der Waals surface area contributed by atoms with Crippen LogP contribution in [0.3, 0.4) is 0 Å². The van der Waals surface area contributed by atoms with E-state index in [0.29, 0.717) is 62.4 Å². The van der Waals surface area contributed by atoms with Gasteiger partial charge in [-0.2, -0.15) is 0 Å². The highest BCUT2D eigenvalue weighted by Crippen LogP contribution is 2.47. The third-order valence-corrected chi connectivity index (χ3v) is 11.8. The van der Waals surface area contributed by atoms with E-state index in [0.717, 1.165) is 24.0 Å². The standard InChI is InChI=1S/C34H42ClFN2O7S/c1-19(20(2)46(37,42)43)25-14-26(15-25)33(45-21(3)39)28-10-7-24(28)18-38-17-23-8-11-29(35)32(36)27(23)6-4-5-13-44-31-12-9-22(34(40)41)16-30(31)38/h8-9,11-12,14,16,19-20,24-25,28,33H,4-7,10,13,15,17-18H2,1-3H3,(H,40,41)(H2,37,42,43)/t19-,20-,24+,25+,28-,33+/m1/s1. The fourth-order valence-electron chi connectivity index (χ4n) is 6.94. The lowest BCUT2D eigenvalue weighted by atomic mass is 9.64. The van der Waals surface area contributed by atoms with Crippen molar-refractivity contribution in [1.29, 1.82) is 0 Å². The number of hydrogen-bond acceptors (Lipinski definition) is 7. The zero-order valence-corrected chi connectivity index (χ0v) is 28.0. The first-order valence-electron chi connectivity index (χ1n) is 15.8. The number of anilines is 1. The average Bonchev–Trinajstić information content (AvgIpc) is 2.98. The summed E-state index contributed by atoms with van der Waals surface area (Å²) in [5.74, 6) is -1.48. The van der Waals surface area contributed by atoms with Crippen LogP contribution >= 0.6 is 11.6 Å². The normalized spacial score (nSPS) is 23.5. The van der Waals surface area contributed by atoms with E-state index in [9.17, 15) is 23.1 Å². The quantitative estimate of drug-likeness (QED) is 0.240. The fraction of sp³-hybridized carbons (Fsp3) is 0.529. The van der Waals surface area contributed by atoms with Gasteiger partial charge in [0.05, 0.1) is 28.1 Å². The van der Waals surface area contributed by atoms with Gasteiger partial charge in [-0.3, -0.25) is 4.79 Å². The van der Waals surface area contributed by atoms with E-state index >= 15 is 4.39 Å². The molecule has 0 bridgehead atoms. The number of allylic oxidation sites excluding steroid dienone is 1. The Balaban J connectivity index is 1.47. The number of hydrogen-bond donors (Lipinski definition) is 2. The Morgan fingerprint density at radius 3 is 2.57 bits per heavy atom. The molecule has 2 aromatic rings. The van der Waals surface area contributed by atoms with Gasteiger partial charge in [0.2, 0.25) is 10.0 Å². The number of esters is 1. The second-order valence-electron chi connectivity index (χ2n) is 13.0. The maximum absolute atomic E-state index is 15.3. The van der Waals surface area contributed by atoms with Crippen LogP contribution in [0.4, 0.5) is 10.1 Å². The van der Waals surface area contributed by atoms with Crippen LogP contribution in [-0.2, 0) is 32.5 Å². The molecule has 9 nitrogen and oxygen atoms in total. The first-order valence-corrected chi connectivity index (χ1v) is 17.8. The lowest BCUT2D eigenvalue weighted by Gasteiger charge is -2.47. The maximum atomic E-state index is 15.3. The number of halogens is 2. The predicted octanol–water partition coefficient (Wildman–Crippen LogP) is 6.12. The van der Waals surface area contributed by atoms with Crippen LogP contribution in [0.15, 0.2) is 42.0 Å². The molecule has 2 aliphatic carbocycles. The molecular weight excluding hydrogens is 635 g/mol. The number of carbonyl (C=O) groups excluding carboxylic acids is 1. The number of nitrogens with two attached hydrogens (primary N) is 1. The zero-order valence-electron chi connectivity index (χ0n) is 26.4. The third kappa shape index (κ3) is 7.37. The number of sulfonamides is 1.